The number of nitrogens with one attached hydrogen (secondary N) is 1. The SMILES string of the molecule is Cc1cc(-c2cccc(C#N)n2)ccc1OCc1ccccc1NC(=O)N(C)N=[N-]. The third-order valence-electron chi connectivity index (χ3n) is 4.40. The van der Waals surface area contributed by atoms with E-state index in [1.165, 1.54) is 7.05 Å². The quantitative estimate of drug-likeness (QED) is 0.469. The first kappa shape index (κ1) is 20.5. The van der Waals surface area contributed by atoms with Crippen molar-refractivity contribution >= 4 is 11.7 Å². The summed E-state index contributed by atoms with van der Waals surface area (Å²) in [5, 5.41) is 15.3. The van der Waals surface area contributed by atoms with Gasteiger partial charge in [0.05, 0.1) is 5.69 Å². The fraction of sp³-hybridized carbons (Fsp3) is 0.136. The molecule has 8 heteroatoms. The molecule has 0 bridgehead atoms. The molecule has 0 spiro atoms. The number of carbonyl (C=O) groups excluding carboxylic acids is 1. The largest absolute Gasteiger partial charge is 0.489 e. The number of hydrogen-bond donors (Lipinski definition) is 1. The second kappa shape index (κ2) is 9.30. The number of para-hydroxylation sites is 1. The molecule has 2 aromatic carbocycles. The number of benzene rings is 2. The summed E-state index contributed by atoms with van der Waals surface area (Å²) in [6.07, 6.45) is 0. The van der Waals surface area contributed by atoms with E-state index in [9.17, 15) is 4.79 Å². The van der Waals surface area contributed by atoms with E-state index in [-0.39, 0.29) is 6.61 Å². The highest BCUT2D eigenvalue weighted by atomic mass is 16.5. The average Bonchev–Trinajstić information content (AvgIpc) is 2.78. The lowest BCUT2D eigenvalue weighted by atomic mass is 10.1. The van der Waals surface area contributed by atoms with Crippen molar-refractivity contribution in [3.05, 3.63) is 83.0 Å². The molecular weight excluding hydrogens is 380 g/mol. The monoisotopic (exact) mass is 399 g/mol. The van der Waals surface area contributed by atoms with Gasteiger partial charge >= 0.3 is 0 Å². The molecule has 8 nitrogen and oxygen atoms in total. The minimum atomic E-state index is -0.572. The molecule has 3 rings (SSSR count). The van der Waals surface area contributed by atoms with Crippen LogP contribution in [-0.4, -0.2) is 23.1 Å². The fourth-order valence-corrected chi connectivity index (χ4v) is 2.79. The van der Waals surface area contributed by atoms with Gasteiger partial charge in [-0.2, -0.15) is 5.26 Å². The first-order chi connectivity index (χ1) is 14.5. The molecule has 0 fully saturated rings. The number of aromatic nitrogens is 1. The second-order valence-electron chi connectivity index (χ2n) is 6.49. The van der Waals surface area contributed by atoms with Gasteiger partial charge in [0.25, 0.3) is 6.03 Å². The first-order valence-corrected chi connectivity index (χ1v) is 9.10. The van der Waals surface area contributed by atoms with Gasteiger partial charge in [0.2, 0.25) is 0 Å². The van der Waals surface area contributed by atoms with Crippen LogP contribution in [0.2, 0.25) is 0 Å². The first-order valence-electron chi connectivity index (χ1n) is 9.10. The van der Waals surface area contributed by atoms with E-state index < -0.39 is 6.03 Å². The number of urea groups is 1. The Hall–Kier alpha value is -4.25. The van der Waals surface area contributed by atoms with Gasteiger partial charge in [-0.05, 0) is 55.9 Å². The Morgan fingerprint density at radius 2 is 2.03 bits per heavy atom. The normalized spacial score (nSPS) is 10.0. The summed E-state index contributed by atoms with van der Waals surface area (Å²) in [4.78, 5) is 16.3. The Morgan fingerprint density at radius 1 is 1.23 bits per heavy atom. The lowest BCUT2D eigenvalue weighted by molar-refractivity contribution is 0.223. The number of nitrogens with zero attached hydrogens (tertiary/aromatic N) is 5. The van der Waals surface area contributed by atoms with E-state index >= 15 is 0 Å². The van der Waals surface area contributed by atoms with Gasteiger partial charge in [-0.25, -0.2) is 4.98 Å². The van der Waals surface area contributed by atoms with Crippen molar-refractivity contribution in [2.75, 3.05) is 12.4 Å². The molecule has 1 N–H and O–H groups in total. The molecule has 0 aliphatic heterocycles. The highest BCUT2D eigenvalue weighted by Gasteiger charge is 2.09. The van der Waals surface area contributed by atoms with Crippen molar-refractivity contribution in [2.45, 2.75) is 13.5 Å². The summed E-state index contributed by atoms with van der Waals surface area (Å²) in [5.74, 6) is 0.693. The molecule has 1 heterocycles. The molecule has 0 aliphatic carbocycles. The smallest absolute Gasteiger partial charge is 0.256 e. The topological polar surface area (TPSA) is 113 Å². The molecule has 0 aliphatic rings. The van der Waals surface area contributed by atoms with Crippen LogP contribution in [0.3, 0.4) is 0 Å². The molecule has 1 aromatic heterocycles. The minimum Gasteiger partial charge on any atom is -0.489 e. The summed E-state index contributed by atoms with van der Waals surface area (Å²) in [5.41, 5.74) is 12.9. The van der Waals surface area contributed by atoms with E-state index in [2.05, 4.69) is 15.5 Å². The Bertz CT molecular complexity index is 1120. The van der Waals surface area contributed by atoms with Crippen molar-refractivity contribution in [3.8, 4) is 23.1 Å². The van der Waals surface area contributed by atoms with Crippen molar-refractivity contribution in [1.82, 2.24) is 9.99 Å². The van der Waals surface area contributed by atoms with Crippen LogP contribution in [0.4, 0.5) is 10.5 Å². The maximum Gasteiger partial charge on any atom is 0.256 e. The summed E-state index contributed by atoms with van der Waals surface area (Å²) in [7, 11) is 1.33. The zero-order chi connectivity index (χ0) is 21.5. The Kier molecular flexibility index (Phi) is 6.35. The molecular formula is C22H19N6O2-. The Labute approximate surface area is 174 Å². The summed E-state index contributed by atoms with van der Waals surface area (Å²) >= 11 is 0. The number of ether oxygens (including phenoxy) is 1. The number of nitriles is 1. The lowest BCUT2D eigenvalue weighted by Crippen LogP contribution is -2.26. The Morgan fingerprint density at radius 3 is 2.77 bits per heavy atom. The minimum absolute atomic E-state index is 0.235. The van der Waals surface area contributed by atoms with Crippen LogP contribution in [0, 0.1) is 18.3 Å². The van der Waals surface area contributed by atoms with Gasteiger partial charge in [-0.15, -0.1) is 0 Å². The molecule has 0 saturated heterocycles. The molecule has 0 saturated carbocycles. The van der Waals surface area contributed by atoms with E-state index in [4.69, 9.17) is 15.5 Å². The van der Waals surface area contributed by atoms with Gasteiger partial charge in [-0.3, -0.25) is 10.0 Å². The standard InChI is InChI=1S/C22H19N6O2/c1-15-12-16(19-9-5-7-18(13-23)25-19)10-11-21(15)30-14-17-6-3-4-8-20(17)26-22(29)28(2)27-24/h3-12H,14H2,1-2H3,(H,26,29)/q-1. The van der Waals surface area contributed by atoms with Gasteiger partial charge < -0.3 is 20.6 Å². The summed E-state index contributed by atoms with van der Waals surface area (Å²) in [6.45, 7) is 2.16. The predicted octanol–water partition coefficient (Wildman–Crippen LogP) is 4.91. The summed E-state index contributed by atoms with van der Waals surface area (Å²) in [6, 6.07) is 19.7. The van der Waals surface area contributed by atoms with E-state index in [1.54, 1.807) is 24.3 Å². The van der Waals surface area contributed by atoms with E-state index in [1.807, 2.05) is 49.4 Å². The molecule has 30 heavy (non-hydrogen) atoms. The van der Waals surface area contributed by atoms with E-state index in [0.717, 1.165) is 27.4 Å². The zero-order valence-electron chi connectivity index (χ0n) is 16.5. The third kappa shape index (κ3) is 4.77. The van der Waals surface area contributed by atoms with E-state index in [0.29, 0.717) is 17.1 Å². The van der Waals surface area contributed by atoms with Crippen LogP contribution >= 0.6 is 0 Å². The molecule has 3 aromatic rings. The molecule has 150 valence electrons. The number of carbonyl (C=O) groups is 1. The average molecular weight is 399 g/mol. The number of anilines is 1. The Balaban J connectivity index is 1.75. The van der Waals surface area contributed by atoms with Gasteiger partial charge in [-0.1, -0.05) is 24.3 Å². The van der Waals surface area contributed by atoms with Crippen LogP contribution in [0.25, 0.3) is 16.8 Å². The third-order valence-corrected chi connectivity index (χ3v) is 4.40. The highest BCUT2D eigenvalue weighted by molar-refractivity contribution is 5.89. The van der Waals surface area contributed by atoms with Crippen molar-refractivity contribution in [1.29, 1.82) is 5.26 Å². The van der Waals surface area contributed by atoms with Gasteiger partial charge in [0.1, 0.15) is 24.1 Å². The van der Waals surface area contributed by atoms with Crippen molar-refractivity contribution in [2.24, 2.45) is 5.22 Å². The predicted molar refractivity (Wildman–Crippen MR) is 112 cm³/mol. The van der Waals surface area contributed by atoms with Crippen LogP contribution in [-0.2, 0) is 6.61 Å². The van der Waals surface area contributed by atoms with Crippen molar-refractivity contribution < 1.29 is 9.53 Å². The van der Waals surface area contributed by atoms with Crippen LogP contribution in [0.1, 0.15) is 16.8 Å². The maximum atomic E-state index is 11.9. The molecule has 2 amide bonds. The fourth-order valence-electron chi connectivity index (χ4n) is 2.79. The van der Waals surface area contributed by atoms with Crippen LogP contribution < -0.4 is 10.1 Å². The number of hydrogen-bond acceptors (Lipinski definition) is 5. The lowest BCUT2D eigenvalue weighted by Gasteiger charge is -2.20. The number of rotatable bonds is 6. The van der Waals surface area contributed by atoms with Crippen LogP contribution in [0.5, 0.6) is 5.75 Å². The van der Waals surface area contributed by atoms with Crippen LogP contribution in [0.15, 0.2) is 65.9 Å². The molecule has 0 atom stereocenters. The zero-order valence-corrected chi connectivity index (χ0v) is 16.5. The van der Waals surface area contributed by atoms with Gasteiger partial charge in [0.15, 0.2) is 0 Å². The second-order valence-corrected chi connectivity index (χ2v) is 6.49. The van der Waals surface area contributed by atoms with Crippen molar-refractivity contribution in [3.63, 3.8) is 0 Å². The number of aryl methyl sites for hydroxylation is 1. The molecule has 0 radical (unpaired) electrons. The van der Waals surface area contributed by atoms with Gasteiger partial charge in [0, 0.05) is 16.8 Å². The maximum absolute atomic E-state index is 11.9. The number of pyridine rings is 1. The summed E-state index contributed by atoms with van der Waals surface area (Å²) < 4.78 is 5.96. The molecule has 0 unspecified atom stereocenters. The number of amides is 2. The highest BCUT2D eigenvalue weighted by Crippen LogP contribution is 2.27.